The molecule has 172 valence electrons. The van der Waals surface area contributed by atoms with Gasteiger partial charge in [-0.15, -0.1) is 0 Å². The lowest BCUT2D eigenvalue weighted by Gasteiger charge is -2.29. The first-order chi connectivity index (χ1) is 16.7. The van der Waals surface area contributed by atoms with E-state index in [2.05, 4.69) is 102 Å². The molecule has 1 fully saturated rings. The van der Waals surface area contributed by atoms with E-state index in [0.29, 0.717) is 0 Å². The standard InChI is InChI=1S/C27H26BrN5S/c28-20-12-14-22(15-13-20)32-18-6-11-24(32)26-25(23-10-4-5-16-30-23)31-27(34)33(26)19-7-17-29-21-8-2-1-3-9-21/h1-6,8-16,18,25-26,29H,7,17,19H2,(H,31,34)/t25-,26+/m0/s1. The molecule has 3 heterocycles. The summed E-state index contributed by atoms with van der Waals surface area (Å²) in [6, 6.07) is 29.0. The van der Waals surface area contributed by atoms with Crippen molar-refractivity contribution in [3.8, 4) is 5.69 Å². The first-order valence-electron chi connectivity index (χ1n) is 11.4. The summed E-state index contributed by atoms with van der Waals surface area (Å²) >= 11 is 9.38. The zero-order valence-electron chi connectivity index (χ0n) is 18.6. The number of nitrogens with zero attached hydrogens (tertiary/aromatic N) is 3. The second-order valence-electron chi connectivity index (χ2n) is 8.25. The average Bonchev–Trinajstić information content (AvgIpc) is 3.48. The summed E-state index contributed by atoms with van der Waals surface area (Å²) in [6.07, 6.45) is 4.92. The summed E-state index contributed by atoms with van der Waals surface area (Å²) in [5.41, 5.74) is 4.42. The number of pyridine rings is 1. The van der Waals surface area contributed by atoms with E-state index >= 15 is 0 Å². The van der Waals surface area contributed by atoms with Crippen molar-refractivity contribution in [2.45, 2.75) is 18.5 Å². The Hall–Kier alpha value is -3.16. The van der Waals surface area contributed by atoms with E-state index in [1.54, 1.807) is 0 Å². The molecule has 2 N–H and O–H groups in total. The number of aromatic nitrogens is 2. The van der Waals surface area contributed by atoms with Gasteiger partial charge in [0.1, 0.15) is 0 Å². The van der Waals surface area contributed by atoms with Gasteiger partial charge in [0, 0.05) is 47.0 Å². The minimum Gasteiger partial charge on any atom is -0.385 e. The summed E-state index contributed by atoms with van der Waals surface area (Å²) < 4.78 is 3.31. The normalized spacial score (nSPS) is 17.6. The Morgan fingerprint density at radius 3 is 2.50 bits per heavy atom. The molecule has 0 bridgehead atoms. The second-order valence-corrected chi connectivity index (χ2v) is 9.55. The van der Waals surface area contributed by atoms with Gasteiger partial charge in [-0.2, -0.15) is 0 Å². The molecule has 7 heteroatoms. The Bertz CT molecular complexity index is 1230. The molecule has 2 aromatic heterocycles. The first-order valence-corrected chi connectivity index (χ1v) is 12.6. The minimum atomic E-state index is -0.0279. The maximum atomic E-state index is 5.84. The van der Waals surface area contributed by atoms with Gasteiger partial charge in [-0.3, -0.25) is 4.98 Å². The lowest BCUT2D eigenvalue weighted by molar-refractivity contribution is 0.307. The van der Waals surface area contributed by atoms with Crippen LogP contribution < -0.4 is 10.6 Å². The summed E-state index contributed by atoms with van der Waals surface area (Å²) in [7, 11) is 0. The molecule has 0 aliphatic carbocycles. The maximum Gasteiger partial charge on any atom is 0.170 e. The average molecular weight is 533 g/mol. The number of anilines is 1. The number of halogens is 1. The van der Waals surface area contributed by atoms with Crippen LogP contribution in [0, 0.1) is 0 Å². The van der Waals surface area contributed by atoms with Gasteiger partial charge in [-0.25, -0.2) is 0 Å². The quantitative estimate of drug-likeness (QED) is 0.212. The molecule has 0 unspecified atom stereocenters. The number of nitrogens with one attached hydrogen (secondary N) is 2. The van der Waals surface area contributed by atoms with Gasteiger partial charge in [0.15, 0.2) is 5.11 Å². The predicted molar refractivity (Wildman–Crippen MR) is 145 cm³/mol. The van der Waals surface area contributed by atoms with Crippen molar-refractivity contribution in [1.82, 2.24) is 19.8 Å². The fourth-order valence-corrected chi connectivity index (χ4v) is 5.07. The number of hydrogen-bond acceptors (Lipinski definition) is 3. The second kappa shape index (κ2) is 10.4. The highest BCUT2D eigenvalue weighted by atomic mass is 79.9. The van der Waals surface area contributed by atoms with Crippen molar-refractivity contribution in [3.63, 3.8) is 0 Å². The summed E-state index contributed by atoms with van der Waals surface area (Å²) in [6.45, 7) is 1.71. The van der Waals surface area contributed by atoms with E-state index < -0.39 is 0 Å². The van der Waals surface area contributed by atoms with Crippen LogP contribution in [0.15, 0.2) is 102 Å². The van der Waals surface area contributed by atoms with E-state index in [1.165, 1.54) is 5.69 Å². The van der Waals surface area contributed by atoms with Crippen LogP contribution in [0.3, 0.4) is 0 Å². The highest BCUT2D eigenvalue weighted by Crippen LogP contribution is 2.39. The topological polar surface area (TPSA) is 45.1 Å². The molecule has 0 spiro atoms. The third-order valence-corrected chi connectivity index (χ3v) is 6.95. The van der Waals surface area contributed by atoms with Gasteiger partial charge in [0.25, 0.3) is 0 Å². The molecule has 4 aromatic rings. The lowest BCUT2D eigenvalue weighted by Crippen LogP contribution is -2.32. The molecular formula is C27H26BrN5S. The minimum absolute atomic E-state index is 0.0257. The number of thiocarbonyl (C=S) groups is 1. The molecule has 1 aliphatic rings. The van der Waals surface area contributed by atoms with Crippen LogP contribution in [0.4, 0.5) is 5.69 Å². The SMILES string of the molecule is S=C1N[C@@H](c2ccccn2)[C@@H](c2cccn2-c2ccc(Br)cc2)N1CCCNc1ccccc1. The van der Waals surface area contributed by atoms with Gasteiger partial charge in [-0.1, -0.05) is 40.2 Å². The van der Waals surface area contributed by atoms with Crippen LogP contribution in [0.2, 0.25) is 0 Å². The summed E-state index contributed by atoms with van der Waals surface area (Å²) in [5.74, 6) is 0. The van der Waals surface area contributed by atoms with Gasteiger partial charge in [0.2, 0.25) is 0 Å². The molecule has 0 radical (unpaired) electrons. The Morgan fingerprint density at radius 2 is 1.74 bits per heavy atom. The number of para-hydroxylation sites is 1. The smallest absolute Gasteiger partial charge is 0.170 e. The Labute approximate surface area is 214 Å². The van der Waals surface area contributed by atoms with Crippen LogP contribution >= 0.6 is 28.1 Å². The van der Waals surface area contributed by atoms with Crippen molar-refractivity contribution in [2.75, 3.05) is 18.4 Å². The van der Waals surface area contributed by atoms with E-state index in [1.807, 2.05) is 36.5 Å². The zero-order chi connectivity index (χ0) is 23.3. The lowest BCUT2D eigenvalue weighted by atomic mass is 10.0. The van der Waals surface area contributed by atoms with Crippen LogP contribution in [0.5, 0.6) is 0 Å². The molecule has 34 heavy (non-hydrogen) atoms. The van der Waals surface area contributed by atoms with Crippen LogP contribution in [0.1, 0.15) is 29.9 Å². The molecule has 5 rings (SSSR count). The molecule has 1 saturated heterocycles. The Balaban J connectivity index is 1.42. The van der Waals surface area contributed by atoms with Gasteiger partial charge in [-0.05, 0) is 79.3 Å². The van der Waals surface area contributed by atoms with Crippen molar-refractivity contribution < 1.29 is 0 Å². The fourth-order valence-electron chi connectivity index (χ4n) is 4.48. The molecule has 1 aliphatic heterocycles. The van der Waals surface area contributed by atoms with Crippen molar-refractivity contribution in [2.24, 2.45) is 0 Å². The van der Waals surface area contributed by atoms with Crippen molar-refractivity contribution in [3.05, 3.63) is 113 Å². The third-order valence-electron chi connectivity index (χ3n) is 6.06. The molecular weight excluding hydrogens is 506 g/mol. The Morgan fingerprint density at radius 1 is 0.941 bits per heavy atom. The van der Waals surface area contributed by atoms with Crippen molar-refractivity contribution >= 4 is 38.9 Å². The third kappa shape index (κ3) is 4.86. The summed E-state index contributed by atoms with van der Waals surface area (Å²) in [5, 5.41) is 7.83. The van der Waals surface area contributed by atoms with E-state index in [9.17, 15) is 0 Å². The number of benzene rings is 2. The number of hydrogen-bond donors (Lipinski definition) is 2. The Kier molecular flexibility index (Phi) is 6.92. The van der Waals surface area contributed by atoms with Crippen LogP contribution in [-0.4, -0.2) is 32.7 Å². The van der Waals surface area contributed by atoms with Gasteiger partial charge >= 0.3 is 0 Å². The summed E-state index contributed by atoms with van der Waals surface area (Å²) in [4.78, 5) is 6.97. The molecule has 0 saturated carbocycles. The molecule has 2 aromatic carbocycles. The van der Waals surface area contributed by atoms with Crippen LogP contribution in [-0.2, 0) is 0 Å². The highest BCUT2D eigenvalue weighted by molar-refractivity contribution is 9.10. The van der Waals surface area contributed by atoms with Gasteiger partial charge < -0.3 is 20.1 Å². The first kappa shape index (κ1) is 22.6. The van der Waals surface area contributed by atoms with E-state index in [-0.39, 0.29) is 12.1 Å². The monoisotopic (exact) mass is 531 g/mol. The highest BCUT2D eigenvalue weighted by Gasteiger charge is 2.40. The van der Waals surface area contributed by atoms with Gasteiger partial charge in [0.05, 0.1) is 17.8 Å². The van der Waals surface area contributed by atoms with Crippen molar-refractivity contribution in [1.29, 1.82) is 0 Å². The zero-order valence-corrected chi connectivity index (χ0v) is 21.0. The maximum absolute atomic E-state index is 5.84. The molecule has 5 nitrogen and oxygen atoms in total. The number of rotatable bonds is 8. The fraction of sp³-hybridized carbons (Fsp3) is 0.185. The molecule has 2 atom stereocenters. The van der Waals surface area contributed by atoms with E-state index in [4.69, 9.17) is 12.2 Å². The predicted octanol–water partition coefficient (Wildman–Crippen LogP) is 6.11. The molecule has 0 amide bonds. The van der Waals surface area contributed by atoms with Crippen LogP contribution in [0.25, 0.3) is 5.69 Å². The van der Waals surface area contributed by atoms with E-state index in [0.717, 1.165) is 46.2 Å². The largest absolute Gasteiger partial charge is 0.385 e.